The predicted molar refractivity (Wildman–Crippen MR) is 78.4 cm³/mol. The third-order valence-electron chi connectivity index (χ3n) is 3.66. The Morgan fingerprint density at radius 3 is 2.53 bits per heavy atom. The van der Waals surface area contributed by atoms with Crippen LogP contribution < -0.4 is 0 Å². The van der Waals surface area contributed by atoms with Gasteiger partial charge < -0.3 is 9.84 Å². The summed E-state index contributed by atoms with van der Waals surface area (Å²) in [7, 11) is 1.82. The van der Waals surface area contributed by atoms with E-state index in [1.54, 1.807) is 0 Å². The Balaban J connectivity index is 2.31. The molecule has 0 radical (unpaired) electrons. The summed E-state index contributed by atoms with van der Waals surface area (Å²) in [6, 6.07) is 9.81. The van der Waals surface area contributed by atoms with Crippen molar-refractivity contribution < 1.29 is 9.84 Å². The third kappa shape index (κ3) is 2.70. The maximum Gasteiger partial charge on any atom is 0.119 e. The minimum atomic E-state index is -0.107. The van der Waals surface area contributed by atoms with E-state index in [1.165, 1.54) is 6.42 Å². The SMILES string of the molecule is OC(=C([SiH3])C1([SiH3])CCCCO1)c1ccccc1. The molecule has 0 aliphatic carbocycles. The van der Waals surface area contributed by atoms with Crippen LogP contribution in [-0.4, -0.2) is 37.4 Å². The second-order valence-corrected chi connectivity index (χ2v) is 7.49. The van der Waals surface area contributed by atoms with E-state index in [1.807, 2.05) is 30.3 Å². The van der Waals surface area contributed by atoms with E-state index < -0.39 is 0 Å². The Bertz CT molecular complexity index is 409. The fourth-order valence-electron chi connectivity index (χ4n) is 2.29. The van der Waals surface area contributed by atoms with Crippen molar-refractivity contribution in [3.63, 3.8) is 0 Å². The number of rotatable bonds is 2. The van der Waals surface area contributed by atoms with Gasteiger partial charge in [0.15, 0.2) is 0 Å². The first-order valence-electron chi connectivity index (χ1n) is 6.23. The molecule has 0 amide bonds. The van der Waals surface area contributed by atoms with Crippen molar-refractivity contribution in [2.24, 2.45) is 0 Å². The summed E-state index contributed by atoms with van der Waals surface area (Å²) >= 11 is 0. The number of aliphatic hydroxyl groups excluding tert-OH is 1. The topological polar surface area (TPSA) is 29.5 Å². The fourth-order valence-corrected chi connectivity index (χ4v) is 3.77. The zero-order valence-corrected chi connectivity index (χ0v) is 14.6. The first-order chi connectivity index (χ1) is 8.13. The summed E-state index contributed by atoms with van der Waals surface area (Å²) in [4.78, 5) is 0. The molecule has 0 bridgehead atoms. The molecule has 1 aliphatic heterocycles. The second-order valence-electron chi connectivity index (χ2n) is 4.88. The molecule has 1 unspecified atom stereocenters. The van der Waals surface area contributed by atoms with Crippen LogP contribution in [0.2, 0.25) is 0 Å². The number of aliphatic hydroxyl groups is 1. The summed E-state index contributed by atoms with van der Waals surface area (Å²) in [5.74, 6) is 0.453. The fraction of sp³-hybridized carbons (Fsp3) is 0.385. The quantitative estimate of drug-likeness (QED) is 0.624. The lowest BCUT2D eigenvalue weighted by Crippen LogP contribution is -2.39. The first kappa shape index (κ1) is 12.6. The highest BCUT2D eigenvalue weighted by molar-refractivity contribution is 6.33. The van der Waals surface area contributed by atoms with Crippen molar-refractivity contribution in [1.82, 2.24) is 0 Å². The van der Waals surface area contributed by atoms with Crippen molar-refractivity contribution in [3.05, 3.63) is 41.1 Å². The van der Waals surface area contributed by atoms with Gasteiger partial charge in [-0.25, -0.2) is 0 Å². The van der Waals surface area contributed by atoms with E-state index >= 15 is 0 Å². The average Bonchev–Trinajstić information content (AvgIpc) is 2.39. The normalized spacial score (nSPS) is 26.8. The molecule has 1 aliphatic rings. The van der Waals surface area contributed by atoms with Gasteiger partial charge in [0.1, 0.15) is 5.76 Å². The monoisotopic (exact) mass is 264 g/mol. The Labute approximate surface area is 109 Å². The van der Waals surface area contributed by atoms with Gasteiger partial charge in [-0.05, 0) is 24.5 Å². The highest BCUT2D eigenvalue weighted by atomic mass is 28.2. The molecule has 1 aromatic carbocycles. The Kier molecular flexibility index (Phi) is 3.86. The molecule has 17 heavy (non-hydrogen) atoms. The second kappa shape index (κ2) is 5.20. The van der Waals surface area contributed by atoms with E-state index in [9.17, 15) is 5.11 Å². The van der Waals surface area contributed by atoms with Crippen molar-refractivity contribution in [1.29, 1.82) is 0 Å². The van der Waals surface area contributed by atoms with Gasteiger partial charge >= 0.3 is 0 Å². The van der Waals surface area contributed by atoms with Crippen LogP contribution in [-0.2, 0) is 4.74 Å². The molecule has 0 saturated carbocycles. The van der Waals surface area contributed by atoms with Crippen molar-refractivity contribution in [2.75, 3.05) is 6.61 Å². The zero-order valence-electron chi connectivity index (χ0n) is 10.6. The lowest BCUT2D eigenvalue weighted by molar-refractivity contribution is 0.0118. The molecule has 1 fully saturated rings. The van der Waals surface area contributed by atoms with Crippen molar-refractivity contribution >= 4 is 26.2 Å². The molecule has 1 saturated heterocycles. The Morgan fingerprint density at radius 1 is 1.24 bits per heavy atom. The van der Waals surface area contributed by atoms with Crippen LogP contribution in [0, 0.1) is 0 Å². The number of benzene rings is 1. The van der Waals surface area contributed by atoms with E-state index in [-0.39, 0.29) is 5.22 Å². The number of hydrogen-bond acceptors (Lipinski definition) is 2. The van der Waals surface area contributed by atoms with E-state index in [0.717, 1.165) is 50.7 Å². The molecular weight excluding hydrogens is 244 g/mol. The van der Waals surface area contributed by atoms with Crippen LogP contribution >= 0.6 is 0 Å². The molecule has 0 aromatic heterocycles. The highest BCUT2D eigenvalue weighted by Crippen LogP contribution is 2.31. The minimum Gasteiger partial charge on any atom is -0.508 e. The van der Waals surface area contributed by atoms with Gasteiger partial charge in [-0.1, -0.05) is 30.3 Å². The zero-order chi connectivity index (χ0) is 12.3. The standard InChI is InChI=1S/C13H20O2Si2/c14-11(10-6-2-1-3-7-10)12(16)13(17)8-4-5-9-15-13/h1-3,6-7,14H,4-5,8-9H2,16-17H3. The summed E-state index contributed by atoms with van der Waals surface area (Å²) in [5.41, 5.74) is 0.918. The Morgan fingerprint density at radius 2 is 1.94 bits per heavy atom. The van der Waals surface area contributed by atoms with Crippen molar-refractivity contribution in [2.45, 2.75) is 24.5 Å². The maximum atomic E-state index is 10.4. The average molecular weight is 264 g/mol. The van der Waals surface area contributed by atoms with Gasteiger partial charge in [0, 0.05) is 32.7 Å². The van der Waals surface area contributed by atoms with Crippen LogP contribution in [0.25, 0.3) is 5.76 Å². The minimum absolute atomic E-state index is 0.107. The van der Waals surface area contributed by atoms with E-state index in [4.69, 9.17) is 4.74 Å². The summed E-state index contributed by atoms with van der Waals surface area (Å²) in [5, 5.41) is 11.4. The molecule has 2 rings (SSSR count). The largest absolute Gasteiger partial charge is 0.508 e. The molecule has 0 spiro atoms. The number of ether oxygens (including phenoxy) is 1. The van der Waals surface area contributed by atoms with Gasteiger partial charge in [0.05, 0.1) is 5.22 Å². The third-order valence-corrected chi connectivity index (χ3v) is 7.73. The van der Waals surface area contributed by atoms with E-state index in [2.05, 4.69) is 0 Å². The smallest absolute Gasteiger partial charge is 0.119 e. The van der Waals surface area contributed by atoms with Crippen LogP contribution in [0.5, 0.6) is 0 Å². The summed E-state index contributed by atoms with van der Waals surface area (Å²) in [6.45, 7) is 0.845. The van der Waals surface area contributed by atoms with Gasteiger partial charge in [0.2, 0.25) is 0 Å². The maximum absolute atomic E-state index is 10.4. The molecule has 92 valence electrons. The molecule has 1 N–H and O–H groups in total. The van der Waals surface area contributed by atoms with E-state index in [0.29, 0.717) is 5.76 Å². The first-order valence-corrected chi connectivity index (χ1v) is 8.23. The highest BCUT2D eigenvalue weighted by Gasteiger charge is 2.31. The summed E-state index contributed by atoms with van der Waals surface area (Å²) < 4.78 is 5.95. The van der Waals surface area contributed by atoms with Crippen LogP contribution in [0.3, 0.4) is 0 Å². The van der Waals surface area contributed by atoms with Gasteiger partial charge in [0.25, 0.3) is 0 Å². The molecule has 1 aromatic rings. The van der Waals surface area contributed by atoms with Gasteiger partial charge in [-0.2, -0.15) is 0 Å². The Hall–Kier alpha value is -0.846. The lowest BCUT2D eigenvalue weighted by Gasteiger charge is -2.35. The molecule has 1 heterocycles. The molecule has 1 atom stereocenters. The number of hydrogen-bond donors (Lipinski definition) is 1. The molecule has 4 heteroatoms. The van der Waals surface area contributed by atoms with Crippen molar-refractivity contribution in [3.8, 4) is 0 Å². The summed E-state index contributed by atoms with van der Waals surface area (Å²) in [6.07, 6.45) is 3.46. The van der Waals surface area contributed by atoms with Gasteiger partial charge in [-0.15, -0.1) is 0 Å². The van der Waals surface area contributed by atoms with Crippen LogP contribution in [0.15, 0.2) is 35.5 Å². The predicted octanol–water partition coefficient (Wildman–Crippen LogP) is 0.541. The van der Waals surface area contributed by atoms with Crippen LogP contribution in [0.1, 0.15) is 24.8 Å². The molecule has 2 nitrogen and oxygen atoms in total. The van der Waals surface area contributed by atoms with Crippen LogP contribution in [0.4, 0.5) is 0 Å². The van der Waals surface area contributed by atoms with Gasteiger partial charge in [-0.3, -0.25) is 0 Å². The molecular formula is C13H20O2Si2. The lowest BCUT2D eigenvalue weighted by atomic mass is 10.0.